The van der Waals surface area contributed by atoms with Crippen molar-refractivity contribution in [1.29, 1.82) is 0 Å². The van der Waals surface area contributed by atoms with E-state index < -0.39 is 0 Å². The van der Waals surface area contributed by atoms with Gasteiger partial charge in [0.15, 0.2) is 11.5 Å². The molecule has 0 aliphatic carbocycles. The number of fused-ring (bicyclic) bond motifs is 1. The lowest BCUT2D eigenvalue weighted by atomic mass is 10.2. The number of rotatable bonds is 2. The summed E-state index contributed by atoms with van der Waals surface area (Å²) in [7, 11) is 0. The van der Waals surface area contributed by atoms with Crippen LogP contribution in [0.2, 0.25) is 0 Å². The molecule has 0 radical (unpaired) electrons. The molecule has 5 heteroatoms. The molecule has 1 aliphatic rings. The van der Waals surface area contributed by atoms with Gasteiger partial charge in [0.25, 0.3) is 0 Å². The molecule has 3 heterocycles. The van der Waals surface area contributed by atoms with Crippen LogP contribution in [-0.4, -0.2) is 27.3 Å². The highest BCUT2D eigenvalue weighted by Crippen LogP contribution is 2.17. The maximum absolute atomic E-state index is 5.58. The van der Waals surface area contributed by atoms with Gasteiger partial charge in [-0.05, 0) is 25.0 Å². The highest BCUT2D eigenvalue weighted by atomic mass is 79.9. The van der Waals surface area contributed by atoms with Crippen molar-refractivity contribution >= 4 is 21.6 Å². The van der Waals surface area contributed by atoms with E-state index >= 15 is 0 Å². The molecule has 1 atom stereocenters. The van der Waals surface area contributed by atoms with Crippen molar-refractivity contribution in [3.63, 3.8) is 0 Å². The Morgan fingerprint density at radius 3 is 3.31 bits per heavy atom. The van der Waals surface area contributed by atoms with Crippen LogP contribution in [0.15, 0.2) is 22.8 Å². The number of hydrogen-bond donors (Lipinski definition) is 0. The van der Waals surface area contributed by atoms with E-state index in [1.165, 1.54) is 0 Å². The molecule has 0 spiro atoms. The molecule has 2 aromatic heterocycles. The fourth-order valence-corrected chi connectivity index (χ4v) is 2.32. The van der Waals surface area contributed by atoms with E-state index in [1.54, 1.807) is 4.52 Å². The van der Waals surface area contributed by atoms with Crippen LogP contribution in [-0.2, 0) is 11.2 Å². The first-order valence-electron chi connectivity index (χ1n) is 5.44. The second-order valence-electron chi connectivity index (χ2n) is 4.01. The quantitative estimate of drug-likeness (QED) is 0.847. The van der Waals surface area contributed by atoms with Crippen LogP contribution in [0.3, 0.4) is 0 Å². The third-order valence-electron chi connectivity index (χ3n) is 2.78. The first-order chi connectivity index (χ1) is 7.81. The molecule has 84 valence electrons. The molecule has 2 aromatic rings. The number of ether oxygens (including phenoxy) is 1. The molecule has 0 bridgehead atoms. The molecule has 0 saturated carbocycles. The Bertz CT molecular complexity index is 505. The lowest BCUT2D eigenvalue weighted by Gasteiger charge is -2.04. The summed E-state index contributed by atoms with van der Waals surface area (Å²) >= 11 is 3.42. The maximum Gasteiger partial charge on any atom is 0.156 e. The molecule has 1 unspecified atom stereocenters. The van der Waals surface area contributed by atoms with Gasteiger partial charge in [0, 0.05) is 23.7 Å². The fraction of sp³-hybridized carbons (Fsp3) is 0.455. The van der Waals surface area contributed by atoms with Gasteiger partial charge in [-0.25, -0.2) is 9.50 Å². The zero-order chi connectivity index (χ0) is 11.0. The smallest absolute Gasteiger partial charge is 0.156 e. The predicted octanol–water partition coefficient (Wildman–Crippen LogP) is 2.21. The minimum atomic E-state index is 0.306. The Morgan fingerprint density at radius 1 is 1.56 bits per heavy atom. The van der Waals surface area contributed by atoms with Crippen molar-refractivity contribution in [2.24, 2.45) is 0 Å². The Kier molecular flexibility index (Phi) is 2.65. The van der Waals surface area contributed by atoms with Crippen molar-refractivity contribution < 1.29 is 4.74 Å². The van der Waals surface area contributed by atoms with E-state index in [2.05, 4.69) is 26.0 Å². The monoisotopic (exact) mass is 281 g/mol. The summed E-state index contributed by atoms with van der Waals surface area (Å²) in [5.41, 5.74) is 0.877. The van der Waals surface area contributed by atoms with Crippen molar-refractivity contribution in [3.05, 3.63) is 28.6 Å². The number of aromatic nitrogens is 3. The second kappa shape index (κ2) is 4.14. The third-order valence-corrected chi connectivity index (χ3v) is 3.27. The first-order valence-corrected chi connectivity index (χ1v) is 6.23. The molecule has 1 saturated heterocycles. The minimum absolute atomic E-state index is 0.306. The number of nitrogens with zero attached hydrogens (tertiary/aromatic N) is 3. The zero-order valence-electron chi connectivity index (χ0n) is 8.77. The van der Waals surface area contributed by atoms with Gasteiger partial charge >= 0.3 is 0 Å². The summed E-state index contributed by atoms with van der Waals surface area (Å²) in [5, 5.41) is 4.42. The van der Waals surface area contributed by atoms with E-state index in [0.717, 1.165) is 41.8 Å². The highest BCUT2D eigenvalue weighted by molar-refractivity contribution is 9.10. The number of halogens is 1. The van der Waals surface area contributed by atoms with Gasteiger partial charge in [-0.2, -0.15) is 5.10 Å². The average Bonchev–Trinajstić information content (AvgIpc) is 2.86. The van der Waals surface area contributed by atoms with Crippen LogP contribution < -0.4 is 0 Å². The summed E-state index contributed by atoms with van der Waals surface area (Å²) in [6.07, 6.45) is 5.31. The van der Waals surface area contributed by atoms with Gasteiger partial charge in [0.05, 0.1) is 6.10 Å². The summed E-state index contributed by atoms with van der Waals surface area (Å²) in [6, 6.07) is 3.92. The lowest BCUT2D eigenvalue weighted by molar-refractivity contribution is 0.110. The lowest BCUT2D eigenvalue weighted by Crippen LogP contribution is -2.10. The van der Waals surface area contributed by atoms with Crippen molar-refractivity contribution in [2.45, 2.75) is 25.4 Å². The predicted molar refractivity (Wildman–Crippen MR) is 63.4 cm³/mol. The van der Waals surface area contributed by atoms with E-state index in [4.69, 9.17) is 4.74 Å². The first kappa shape index (κ1) is 10.2. The van der Waals surface area contributed by atoms with Gasteiger partial charge in [-0.15, -0.1) is 0 Å². The molecule has 1 aliphatic heterocycles. The summed E-state index contributed by atoms with van der Waals surface area (Å²) in [5.74, 6) is 0.866. The molecule has 3 rings (SSSR count). The van der Waals surface area contributed by atoms with Gasteiger partial charge in [-0.1, -0.05) is 15.9 Å². The van der Waals surface area contributed by atoms with Crippen LogP contribution in [0.1, 0.15) is 18.7 Å². The van der Waals surface area contributed by atoms with Gasteiger partial charge in [0.2, 0.25) is 0 Å². The zero-order valence-corrected chi connectivity index (χ0v) is 10.4. The van der Waals surface area contributed by atoms with E-state index in [-0.39, 0.29) is 0 Å². The van der Waals surface area contributed by atoms with Gasteiger partial charge in [0.1, 0.15) is 0 Å². The Morgan fingerprint density at radius 2 is 2.50 bits per heavy atom. The molecular weight excluding hydrogens is 270 g/mol. The third kappa shape index (κ3) is 1.97. The SMILES string of the molecule is Brc1ccn2nc(CC3CCCO3)nc2c1. The standard InChI is InChI=1S/C11H12BrN3O/c12-8-3-4-15-11(6-8)13-10(14-15)7-9-2-1-5-16-9/h3-4,6,9H,1-2,5,7H2. The Balaban J connectivity index is 1.86. The van der Waals surface area contributed by atoms with Crippen LogP contribution in [0, 0.1) is 0 Å². The van der Waals surface area contributed by atoms with E-state index in [9.17, 15) is 0 Å². The van der Waals surface area contributed by atoms with Crippen molar-refractivity contribution in [2.75, 3.05) is 6.61 Å². The van der Waals surface area contributed by atoms with Crippen LogP contribution in [0.4, 0.5) is 0 Å². The minimum Gasteiger partial charge on any atom is -0.378 e. The summed E-state index contributed by atoms with van der Waals surface area (Å²) in [6.45, 7) is 0.879. The molecule has 1 fully saturated rings. The molecule has 16 heavy (non-hydrogen) atoms. The number of pyridine rings is 1. The normalized spacial score (nSPS) is 20.7. The second-order valence-corrected chi connectivity index (χ2v) is 4.93. The van der Waals surface area contributed by atoms with Crippen molar-refractivity contribution in [1.82, 2.24) is 14.6 Å². The van der Waals surface area contributed by atoms with Gasteiger partial charge in [-0.3, -0.25) is 0 Å². The molecular formula is C11H12BrN3O. The Labute approximate surface area is 102 Å². The summed E-state index contributed by atoms with van der Waals surface area (Å²) < 4.78 is 8.40. The summed E-state index contributed by atoms with van der Waals surface area (Å²) in [4.78, 5) is 4.48. The molecule has 4 nitrogen and oxygen atoms in total. The van der Waals surface area contributed by atoms with E-state index in [0.29, 0.717) is 6.10 Å². The average molecular weight is 282 g/mol. The molecule has 0 aromatic carbocycles. The maximum atomic E-state index is 5.58. The largest absolute Gasteiger partial charge is 0.378 e. The Hall–Kier alpha value is -0.940. The molecule has 0 N–H and O–H groups in total. The van der Waals surface area contributed by atoms with E-state index in [1.807, 2.05) is 18.3 Å². The van der Waals surface area contributed by atoms with Crippen LogP contribution >= 0.6 is 15.9 Å². The van der Waals surface area contributed by atoms with Crippen LogP contribution in [0.25, 0.3) is 5.65 Å². The fourth-order valence-electron chi connectivity index (χ4n) is 2.00. The van der Waals surface area contributed by atoms with Crippen molar-refractivity contribution in [3.8, 4) is 0 Å². The number of hydrogen-bond acceptors (Lipinski definition) is 3. The highest BCUT2D eigenvalue weighted by Gasteiger charge is 2.18. The topological polar surface area (TPSA) is 39.4 Å². The molecule has 0 amide bonds. The van der Waals surface area contributed by atoms with Gasteiger partial charge < -0.3 is 4.74 Å². The van der Waals surface area contributed by atoms with Crippen LogP contribution in [0.5, 0.6) is 0 Å².